The Kier molecular flexibility index (Phi) is 7.65. The quantitative estimate of drug-likeness (QED) is 0.420. The van der Waals surface area contributed by atoms with Gasteiger partial charge >= 0.3 is 12.1 Å². The molecule has 1 aromatic carbocycles. The minimum Gasteiger partial charge on any atom is -0.489 e. The molecule has 1 aromatic heterocycles. The highest BCUT2D eigenvalue weighted by molar-refractivity contribution is 7.89. The number of primary sulfonamides is 1. The van der Waals surface area contributed by atoms with E-state index in [9.17, 15) is 31.2 Å². The topological polar surface area (TPSA) is 147 Å². The van der Waals surface area contributed by atoms with E-state index in [1.54, 1.807) is 0 Å². The molecule has 0 aliphatic carbocycles. The van der Waals surface area contributed by atoms with E-state index in [0.29, 0.717) is 6.07 Å². The molecule has 0 aliphatic rings. The summed E-state index contributed by atoms with van der Waals surface area (Å²) in [7, 11) is -2.79. The molecule has 0 spiro atoms. The molecule has 14 heteroatoms. The maximum Gasteiger partial charge on any atom is 0.416 e. The van der Waals surface area contributed by atoms with Gasteiger partial charge in [0.1, 0.15) is 12.4 Å². The summed E-state index contributed by atoms with van der Waals surface area (Å²) in [6.07, 6.45) is -4.67. The Balaban J connectivity index is 2.07. The average Bonchev–Trinajstić information content (AvgIpc) is 3.17. The van der Waals surface area contributed by atoms with Crippen molar-refractivity contribution in [1.29, 1.82) is 0 Å². The summed E-state index contributed by atoms with van der Waals surface area (Å²) in [5.74, 6) is -2.78. The van der Waals surface area contributed by atoms with E-state index in [1.165, 1.54) is 7.11 Å². The largest absolute Gasteiger partial charge is 0.489 e. The molecule has 31 heavy (non-hydrogen) atoms. The van der Waals surface area contributed by atoms with Crippen molar-refractivity contribution in [1.82, 2.24) is 0 Å². The normalized spacial score (nSPS) is 11.8. The van der Waals surface area contributed by atoms with Gasteiger partial charge in [-0.05, 0) is 30.3 Å². The van der Waals surface area contributed by atoms with Crippen LogP contribution in [0.2, 0.25) is 0 Å². The molecule has 0 fully saturated rings. The number of halogens is 3. The fourth-order valence-corrected chi connectivity index (χ4v) is 2.60. The second kappa shape index (κ2) is 9.80. The Labute approximate surface area is 174 Å². The summed E-state index contributed by atoms with van der Waals surface area (Å²) in [6.45, 7) is -0.752. The van der Waals surface area contributed by atoms with Gasteiger partial charge in [-0.15, -0.1) is 0 Å². The number of carbonyl (C=O) groups is 2. The highest BCUT2D eigenvalue weighted by Gasteiger charge is 2.31. The third kappa shape index (κ3) is 6.97. The maximum atomic E-state index is 13.0. The number of benzene rings is 1. The van der Waals surface area contributed by atoms with Crippen molar-refractivity contribution in [2.45, 2.75) is 11.3 Å². The minimum absolute atomic E-state index is 0.00456. The Bertz CT molecular complexity index is 1050. The fourth-order valence-electron chi connectivity index (χ4n) is 2.14. The molecule has 0 saturated heterocycles. The summed E-state index contributed by atoms with van der Waals surface area (Å²) in [4.78, 5) is 23.9. The number of furan rings is 1. The average molecular weight is 466 g/mol. The Morgan fingerprint density at radius 1 is 1.16 bits per heavy atom. The van der Waals surface area contributed by atoms with Crippen LogP contribution < -0.4 is 15.2 Å². The SMILES string of the molecule is COCCOc1ccc(C(F)(F)F)cc1NC(=O)COC(=O)c1ccc(S(N)(=O)=O)o1. The molecular formula is C17H17F3N2O8S. The summed E-state index contributed by atoms with van der Waals surface area (Å²) in [5.41, 5.74) is -1.34. The number of methoxy groups -OCH3 is 1. The number of hydrogen-bond acceptors (Lipinski definition) is 8. The standard InChI is InChI=1S/C17H17F3N2O8S/c1-27-6-7-28-12-3-2-10(17(18,19)20)8-11(12)22-14(23)9-29-16(24)13-4-5-15(30-13)31(21,25)26/h2-5,8H,6-7,9H2,1H3,(H,22,23)(H2,21,25,26). The van der Waals surface area contributed by atoms with E-state index in [0.717, 1.165) is 24.3 Å². The van der Waals surface area contributed by atoms with Crippen molar-refractivity contribution in [2.75, 3.05) is 32.2 Å². The van der Waals surface area contributed by atoms with Gasteiger partial charge in [-0.2, -0.15) is 13.2 Å². The Hall–Kier alpha value is -3.10. The first-order valence-corrected chi connectivity index (χ1v) is 9.89. The maximum absolute atomic E-state index is 13.0. The number of alkyl halides is 3. The molecule has 0 atom stereocenters. The number of carbonyl (C=O) groups excluding carboxylic acids is 2. The lowest BCUT2D eigenvalue weighted by Gasteiger charge is -2.15. The number of nitrogens with one attached hydrogen (secondary N) is 1. The molecule has 170 valence electrons. The van der Waals surface area contributed by atoms with Gasteiger partial charge in [0, 0.05) is 7.11 Å². The Morgan fingerprint density at radius 3 is 2.45 bits per heavy atom. The molecule has 10 nitrogen and oxygen atoms in total. The molecule has 0 radical (unpaired) electrons. The molecule has 0 saturated carbocycles. The van der Waals surface area contributed by atoms with Gasteiger partial charge in [-0.3, -0.25) is 4.79 Å². The molecule has 0 bridgehead atoms. The van der Waals surface area contributed by atoms with Gasteiger partial charge in [0.05, 0.1) is 17.9 Å². The van der Waals surface area contributed by atoms with Crippen molar-refractivity contribution < 1.29 is 49.8 Å². The zero-order valence-corrected chi connectivity index (χ0v) is 16.7. The minimum atomic E-state index is -4.67. The van der Waals surface area contributed by atoms with Crippen molar-refractivity contribution in [2.24, 2.45) is 5.14 Å². The van der Waals surface area contributed by atoms with Crippen LogP contribution in [0.15, 0.2) is 39.8 Å². The van der Waals surface area contributed by atoms with Crippen LogP contribution in [0.5, 0.6) is 5.75 Å². The monoisotopic (exact) mass is 466 g/mol. The third-order valence-electron chi connectivity index (χ3n) is 3.52. The number of esters is 1. The molecule has 0 aliphatic heterocycles. The summed E-state index contributed by atoms with van der Waals surface area (Å²) in [5, 5.41) is 6.31. The third-order valence-corrected chi connectivity index (χ3v) is 4.30. The van der Waals surface area contributed by atoms with Crippen LogP contribution in [0.1, 0.15) is 16.1 Å². The summed E-state index contributed by atoms with van der Waals surface area (Å²) < 4.78 is 80.6. The van der Waals surface area contributed by atoms with Crippen molar-refractivity contribution >= 4 is 27.6 Å². The first-order valence-electron chi connectivity index (χ1n) is 8.34. The van der Waals surface area contributed by atoms with Gasteiger partial charge < -0.3 is 23.9 Å². The second-order valence-electron chi connectivity index (χ2n) is 5.84. The molecular weight excluding hydrogens is 449 g/mol. The molecule has 1 amide bonds. The van der Waals surface area contributed by atoms with E-state index >= 15 is 0 Å². The number of sulfonamides is 1. The van der Waals surface area contributed by atoms with Crippen LogP contribution in [0.25, 0.3) is 0 Å². The van der Waals surface area contributed by atoms with Gasteiger partial charge in [-0.25, -0.2) is 18.4 Å². The Morgan fingerprint density at radius 2 is 1.87 bits per heavy atom. The highest BCUT2D eigenvalue weighted by Crippen LogP contribution is 2.35. The lowest BCUT2D eigenvalue weighted by Crippen LogP contribution is -2.22. The van der Waals surface area contributed by atoms with E-state index in [4.69, 9.17) is 19.0 Å². The van der Waals surface area contributed by atoms with Crippen LogP contribution in [-0.2, 0) is 30.5 Å². The highest BCUT2D eigenvalue weighted by atomic mass is 32.2. The second-order valence-corrected chi connectivity index (χ2v) is 7.33. The molecule has 2 rings (SSSR count). The molecule has 0 unspecified atom stereocenters. The van der Waals surface area contributed by atoms with Gasteiger partial charge in [0.15, 0.2) is 6.61 Å². The van der Waals surface area contributed by atoms with Crippen molar-refractivity contribution in [3.05, 3.63) is 41.7 Å². The fraction of sp³-hybridized carbons (Fsp3) is 0.294. The predicted octanol–water partition coefficient (Wildman–Crippen LogP) is 1.77. The van der Waals surface area contributed by atoms with Gasteiger partial charge in [-0.1, -0.05) is 0 Å². The lowest BCUT2D eigenvalue weighted by molar-refractivity contribution is -0.137. The van der Waals surface area contributed by atoms with E-state index < -0.39 is 51.1 Å². The van der Waals surface area contributed by atoms with Crippen LogP contribution in [-0.4, -0.2) is 47.2 Å². The smallest absolute Gasteiger partial charge is 0.416 e. The predicted molar refractivity (Wildman–Crippen MR) is 97.8 cm³/mol. The molecule has 2 aromatic rings. The number of ether oxygens (including phenoxy) is 3. The summed E-state index contributed by atoms with van der Waals surface area (Å²) in [6, 6.07) is 4.34. The lowest BCUT2D eigenvalue weighted by atomic mass is 10.1. The molecule has 3 N–H and O–H groups in total. The van der Waals surface area contributed by atoms with Gasteiger partial charge in [0.25, 0.3) is 15.9 Å². The number of hydrogen-bond donors (Lipinski definition) is 2. The number of anilines is 1. The van der Waals surface area contributed by atoms with Crippen molar-refractivity contribution in [3.63, 3.8) is 0 Å². The number of rotatable bonds is 9. The van der Waals surface area contributed by atoms with E-state index in [1.807, 2.05) is 0 Å². The van der Waals surface area contributed by atoms with Gasteiger partial charge in [0.2, 0.25) is 10.9 Å². The van der Waals surface area contributed by atoms with Crippen molar-refractivity contribution in [3.8, 4) is 5.75 Å². The molecule has 1 heterocycles. The van der Waals surface area contributed by atoms with E-state index in [2.05, 4.69) is 10.1 Å². The van der Waals surface area contributed by atoms with Crippen LogP contribution in [0, 0.1) is 0 Å². The summed E-state index contributed by atoms with van der Waals surface area (Å²) >= 11 is 0. The van der Waals surface area contributed by atoms with E-state index in [-0.39, 0.29) is 24.7 Å². The number of nitrogens with two attached hydrogens (primary N) is 1. The van der Waals surface area contributed by atoms with Crippen LogP contribution >= 0.6 is 0 Å². The first kappa shape index (κ1) is 24.2. The zero-order valence-electron chi connectivity index (χ0n) is 15.9. The van der Waals surface area contributed by atoms with Crippen LogP contribution in [0.4, 0.5) is 18.9 Å². The zero-order chi connectivity index (χ0) is 23.2. The number of amides is 1. The first-order chi connectivity index (χ1) is 14.4. The van der Waals surface area contributed by atoms with Crippen LogP contribution in [0.3, 0.4) is 0 Å².